The van der Waals surface area contributed by atoms with E-state index in [1.54, 1.807) is 17.4 Å². The Hall–Kier alpha value is -2.05. The summed E-state index contributed by atoms with van der Waals surface area (Å²) in [4.78, 5) is 31.6. The highest BCUT2D eigenvalue weighted by Crippen LogP contribution is 2.20. The predicted molar refractivity (Wildman–Crippen MR) is 76.9 cm³/mol. The van der Waals surface area contributed by atoms with Crippen LogP contribution in [0.4, 0.5) is 4.79 Å². The third kappa shape index (κ3) is 4.77. The quantitative estimate of drug-likeness (QED) is 0.738. The first-order chi connectivity index (χ1) is 10.2. The maximum atomic E-state index is 12.2. The molecule has 2 heterocycles. The van der Waals surface area contributed by atoms with Gasteiger partial charge in [-0.15, -0.1) is 0 Å². The number of hydrogen-bond acceptors (Lipinski definition) is 3. The van der Waals surface area contributed by atoms with Gasteiger partial charge in [-0.1, -0.05) is 0 Å². The Balaban J connectivity index is 1.78. The molecule has 1 saturated heterocycles. The minimum absolute atomic E-state index is 0.0435. The van der Waals surface area contributed by atoms with E-state index in [9.17, 15) is 9.59 Å². The van der Waals surface area contributed by atoms with Gasteiger partial charge in [-0.25, -0.2) is 9.78 Å². The lowest BCUT2D eigenvalue weighted by atomic mass is 9.98. The standard InChI is InChI=1S/C14H22N4O3/c19-13(20)5-4-12-3-1-2-8-18(12)14(21)16-7-6-11-9-15-10-17-11/h9-10,12H,1-8H2,(H,15,17)(H,16,21)(H,19,20). The van der Waals surface area contributed by atoms with Crippen molar-refractivity contribution in [3.05, 3.63) is 18.2 Å². The van der Waals surface area contributed by atoms with Crippen molar-refractivity contribution in [3.63, 3.8) is 0 Å². The maximum Gasteiger partial charge on any atom is 0.317 e. The number of imidazole rings is 1. The molecule has 2 amide bonds. The number of carboxylic acids is 1. The van der Waals surface area contributed by atoms with Crippen LogP contribution < -0.4 is 5.32 Å². The van der Waals surface area contributed by atoms with Crippen LogP contribution in [0.15, 0.2) is 12.5 Å². The molecule has 1 aromatic rings. The number of piperidine rings is 1. The molecule has 116 valence electrons. The van der Waals surface area contributed by atoms with Gasteiger partial charge in [0.05, 0.1) is 6.33 Å². The van der Waals surface area contributed by atoms with Crippen LogP contribution in [0.1, 0.15) is 37.8 Å². The Labute approximate surface area is 123 Å². The topological polar surface area (TPSA) is 98.3 Å². The van der Waals surface area contributed by atoms with Crippen LogP contribution in [-0.2, 0) is 11.2 Å². The minimum atomic E-state index is -0.805. The van der Waals surface area contributed by atoms with Gasteiger partial charge in [0.2, 0.25) is 0 Å². The Morgan fingerprint density at radius 2 is 2.33 bits per heavy atom. The molecule has 21 heavy (non-hydrogen) atoms. The fraction of sp³-hybridized carbons (Fsp3) is 0.643. The van der Waals surface area contributed by atoms with Crippen molar-refractivity contribution in [1.82, 2.24) is 20.2 Å². The zero-order valence-electron chi connectivity index (χ0n) is 12.0. The van der Waals surface area contributed by atoms with Crippen LogP contribution in [-0.4, -0.2) is 51.1 Å². The van der Waals surface area contributed by atoms with Gasteiger partial charge in [-0.3, -0.25) is 4.79 Å². The minimum Gasteiger partial charge on any atom is -0.481 e. The van der Waals surface area contributed by atoms with Gasteiger partial charge < -0.3 is 20.3 Å². The molecule has 1 aliphatic heterocycles. The zero-order valence-corrected chi connectivity index (χ0v) is 12.0. The summed E-state index contributed by atoms with van der Waals surface area (Å²) in [7, 11) is 0. The lowest BCUT2D eigenvalue weighted by molar-refractivity contribution is -0.137. The number of carbonyl (C=O) groups excluding carboxylic acids is 1. The van der Waals surface area contributed by atoms with Crippen molar-refractivity contribution in [3.8, 4) is 0 Å². The van der Waals surface area contributed by atoms with E-state index in [1.807, 2.05) is 0 Å². The summed E-state index contributed by atoms with van der Waals surface area (Å²) in [5.74, 6) is -0.805. The first-order valence-electron chi connectivity index (χ1n) is 7.40. The molecule has 1 unspecified atom stereocenters. The highest BCUT2D eigenvalue weighted by atomic mass is 16.4. The molecule has 0 aliphatic carbocycles. The Kier molecular flexibility index (Phi) is 5.59. The second-order valence-corrected chi connectivity index (χ2v) is 5.33. The summed E-state index contributed by atoms with van der Waals surface area (Å²) >= 11 is 0. The molecule has 1 atom stereocenters. The van der Waals surface area contributed by atoms with Gasteiger partial charge in [0.25, 0.3) is 0 Å². The average Bonchev–Trinajstić information content (AvgIpc) is 2.98. The van der Waals surface area contributed by atoms with Crippen LogP contribution in [0.2, 0.25) is 0 Å². The summed E-state index contributed by atoms with van der Waals surface area (Å²) in [6.07, 6.45) is 7.64. The summed E-state index contributed by atoms with van der Waals surface area (Å²) in [5, 5.41) is 11.7. The van der Waals surface area contributed by atoms with Gasteiger partial charge >= 0.3 is 12.0 Å². The third-order valence-electron chi connectivity index (χ3n) is 3.80. The summed E-state index contributed by atoms with van der Waals surface area (Å²) < 4.78 is 0. The molecular formula is C14H22N4O3. The Morgan fingerprint density at radius 3 is 3.05 bits per heavy atom. The van der Waals surface area contributed by atoms with Crippen molar-refractivity contribution in [1.29, 1.82) is 0 Å². The fourth-order valence-corrected chi connectivity index (χ4v) is 2.69. The van der Waals surface area contributed by atoms with Crippen molar-refractivity contribution in [2.24, 2.45) is 0 Å². The number of aromatic nitrogens is 2. The van der Waals surface area contributed by atoms with E-state index in [1.165, 1.54) is 0 Å². The largest absolute Gasteiger partial charge is 0.481 e. The van der Waals surface area contributed by atoms with Gasteiger partial charge in [0, 0.05) is 43.9 Å². The lowest BCUT2D eigenvalue weighted by Gasteiger charge is -2.35. The number of carbonyl (C=O) groups is 2. The molecule has 0 aromatic carbocycles. The van der Waals surface area contributed by atoms with Crippen LogP contribution in [0.3, 0.4) is 0 Å². The highest BCUT2D eigenvalue weighted by molar-refractivity contribution is 5.74. The maximum absolute atomic E-state index is 12.2. The van der Waals surface area contributed by atoms with E-state index in [0.717, 1.165) is 25.0 Å². The molecule has 1 fully saturated rings. The summed E-state index contributed by atoms with van der Waals surface area (Å²) in [5.41, 5.74) is 0.983. The number of aromatic amines is 1. The normalized spacial score (nSPS) is 18.5. The molecule has 1 aliphatic rings. The van der Waals surface area contributed by atoms with Crippen LogP contribution in [0.5, 0.6) is 0 Å². The number of aliphatic carboxylic acids is 1. The van der Waals surface area contributed by atoms with Gasteiger partial charge in [-0.05, 0) is 25.7 Å². The van der Waals surface area contributed by atoms with Gasteiger partial charge in [0.1, 0.15) is 0 Å². The first-order valence-corrected chi connectivity index (χ1v) is 7.40. The molecule has 0 spiro atoms. The molecular weight excluding hydrogens is 272 g/mol. The Bertz CT molecular complexity index is 461. The molecule has 3 N–H and O–H groups in total. The number of nitrogens with one attached hydrogen (secondary N) is 2. The molecule has 7 nitrogen and oxygen atoms in total. The van der Waals surface area contributed by atoms with Gasteiger partial charge in [-0.2, -0.15) is 0 Å². The van der Waals surface area contributed by atoms with Crippen molar-refractivity contribution in [2.75, 3.05) is 13.1 Å². The van der Waals surface area contributed by atoms with Crippen molar-refractivity contribution >= 4 is 12.0 Å². The SMILES string of the molecule is O=C(O)CCC1CCCCN1C(=O)NCCc1cnc[nH]1. The highest BCUT2D eigenvalue weighted by Gasteiger charge is 2.26. The monoisotopic (exact) mass is 294 g/mol. The van der Waals surface area contributed by atoms with Crippen LogP contribution in [0.25, 0.3) is 0 Å². The molecule has 0 bridgehead atoms. The van der Waals surface area contributed by atoms with E-state index in [2.05, 4.69) is 15.3 Å². The van der Waals surface area contributed by atoms with E-state index in [4.69, 9.17) is 5.11 Å². The smallest absolute Gasteiger partial charge is 0.317 e. The van der Waals surface area contributed by atoms with Crippen molar-refractivity contribution in [2.45, 2.75) is 44.6 Å². The van der Waals surface area contributed by atoms with E-state index in [-0.39, 0.29) is 18.5 Å². The third-order valence-corrected chi connectivity index (χ3v) is 3.80. The molecule has 2 rings (SSSR count). The number of likely N-dealkylation sites (tertiary alicyclic amines) is 1. The molecule has 1 aromatic heterocycles. The average molecular weight is 294 g/mol. The molecule has 7 heteroatoms. The molecule has 0 radical (unpaired) electrons. The fourth-order valence-electron chi connectivity index (χ4n) is 2.69. The van der Waals surface area contributed by atoms with E-state index >= 15 is 0 Å². The van der Waals surface area contributed by atoms with Crippen LogP contribution in [0, 0.1) is 0 Å². The number of carboxylic acid groups (broad SMARTS) is 1. The summed E-state index contributed by atoms with van der Waals surface area (Å²) in [6, 6.07) is -0.0494. The van der Waals surface area contributed by atoms with E-state index < -0.39 is 5.97 Å². The first kappa shape index (κ1) is 15.3. The van der Waals surface area contributed by atoms with Gasteiger partial charge in [0.15, 0.2) is 0 Å². The van der Waals surface area contributed by atoms with Crippen molar-refractivity contribution < 1.29 is 14.7 Å². The predicted octanol–water partition coefficient (Wildman–Crippen LogP) is 1.38. The second kappa shape index (κ2) is 7.66. The zero-order chi connectivity index (χ0) is 15.1. The second-order valence-electron chi connectivity index (χ2n) is 5.33. The van der Waals surface area contributed by atoms with E-state index in [0.29, 0.717) is 25.9 Å². The van der Waals surface area contributed by atoms with Crippen LogP contribution >= 0.6 is 0 Å². The molecule has 0 saturated carbocycles. The number of urea groups is 1. The number of rotatable bonds is 6. The number of nitrogens with zero attached hydrogens (tertiary/aromatic N) is 2. The number of hydrogen-bond donors (Lipinski definition) is 3. The number of amides is 2. The number of H-pyrrole nitrogens is 1. The lowest BCUT2D eigenvalue weighted by Crippen LogP contribution is -2.49. The summed E-state index contributed by atoms with van der Waals surface area (Å²) in [6.45, 7) is 1.25. The Morgan fingerprint density at radius 1 is 1.48 bits per heavy atom.